The van der Waals surface area contributed by atoms with Gasteiger partial charge in [-0.25, -0.2) is 0 Å². The number of aryl methyl sites for hydroxylation is 2. The maximum atomic E-state index is 5.17. The van der Waals surface area contributed by atoms with Crippen LogP contribution in [0.5, 0.6) is 0 Å². The molecule has 0 radical (unpaired) electrons. The van der Waals surface area contributed by atoms with Crippen molar-refractivity contribution in [3.63, 3.8) is 0 Å². The van der Waals surface area contributed by atoms with Gasteiger partial charge < -0.3 is 9.42 Å². The SMILES string of the molecule is CCc1cc(N=Nc2cc3c(cc2C)N(CC)C(C)C3(C)C)no1. The molecule has 0 N–H and O–H groups in total. The molecule has 0 saturated heterocycles. The zero-order valence-electron chi connectivity index (χ0n) is 15.4. The van der Waals surface area contributed by atoms with Crippen molar-refractivity contribution in [1.82, 2.24) is 5.16 Å². The monoisotopic (exact) mass is 326 g/mol. The van der Waals surface area contributed by atoms with E-state index in [1.165, 1.54) is 11.3 Å². The summed E-state index contributed by atoms with van der Waals surface area (Å²) in [5.74, 6) is 1.35. The highest BCUT2D eigenvalue weighted by atomic mass is 16.5. The van der Waals surface area contributed by atoms with Crippen molar-refractivity contribution in [3.8, 4) is 0 Å². The molecule has 2 heterocycles. The highest BCUT2D eigenvalue weighted by Crippen LogP contribution is 2.47. The Morgan fingerprint density at radius 1 is 1.21 bits per heavy atom. The van der Waals surface area contributed by atoms with E-state index in [2.05, 4.69) is 67.0 Å². The first-order valence-corrected chi connectivity index (χ1v) is 8.67. The van der Waals surface area contributed by atoms with E-state index >= 15 is 0 Å². The lowest BCUT2D eigenvalue weighted by Gasteiger charge is -2.30. The van der Waals surface area contributed by atoms with Gasteiger partial charge in [-0.05, 0) is 44.0 Å². The lowest BCUT2D eigenvalue weighted by Crippen LogP contribution is -2.38. The molecule has 128 valence electrons. The lowest BCUT2D eigenvalue weighted by molar-refractivity contribution is 0.388. The third-order valence-electron chi connectivity index (χ3n) is 5.33. The van der Waals surface area contributed by atoms with Crippen LogP contribution in [-0.4, -0.2) is 17.7 Å². The molecule has 1 unspecified atom stereocenters. The summed E-state index contributed by atoms with van der Waals surface area (Å²) in [7, 11) is 0. The second-order valence-corrected chi connectivity index (χ2v) is 7.04. The summed E-state index contributed by atoms with van der Waals surface area (Å²) in [6.45, 7) is 14.2. The number of likely N-dealkylation sites (N-methyl/N-ethyl adjacent to an activating group) is 1. The van der Waals surface area contributed by atoms with Crippen molar-refractivity contribution < 1.29 is 4.52 Å². The maximum Gasteiger partial charge on any atom is 0.216 e. The van der Waals surface area contributed by atoms with Crippen molar-refractivity contribution in [1.29, 1.82) is 0 Å². The molecule has 3 rings (SSSR count). The summed E-state index contributed by atoms with van der Waals surface area (Å²) in [6.07, 6.45) is 0.805. The van der Waals surface area contributed by atoms with Crippen molar-refractivity contribution in [2.45, 2.75) is 59.4 Å². The molecule has 24 heavy (non-hydrogen) atoms. The minimum atomic E-state index is 0.0899. The predicted molar refractivity (Wildman–Crippen MR) is 96.7 cm³/mol. The Bertz CT molecular complexity index is 776. The number of fused-ring (bicyclic) bond motifs is 1. The Labute approximate surface area is 143 Å². The molecule has 0 bridgehead atoms. The Morgan fingerprint density at radius 3 is 2.58 bits per heavy atom. The zero-order valence-corrected chi connectivity index (χ0v) is 15.4. The van der Waals surface area contributed by atoms with Crippen molar-refractivity contribution in [2.24, 2.45) is 10.2 Å². The quantitative estimate of drug-likeness (QED) is 0.700. The Morgan fingerprint density at radius 2 is 1.96 bits per heavy atom. The summed E-state index contributed by atoms with van der Waals surface area (Å²) in [6, 6.07) is 6.71. The predicted octanol–water partition coefficient (Wildman–Crippen LogP) is 5.47. The number of anilines is 1. The van der Waals surface area contributed by atoms with Gasteiger partial charge in [0.25, 0.3) is 0 Å². The number of azo groups is 1. The second kappa shape index (κ2) is 6.04. The molecule has 0 amide bonds. The number of benzene rings is 1. The summed E-state index contributed by atoms with van der Waals surface area (Å²) in [5.41, 5.74) is 4.77. The average Bonchev–Trinajstić information content (AvgIpc) is 3.08. The third kappa shape index (κ3) is 2.62. The van der Waals surface area contributed by atoms with Gasteiger partial charge in [-0.3, -0.25) is 0 Å². The van der Waals surface area contributed by atoms with E-state index in [0.29, 0.717) is 11.9 Å². The summed E-state index contributed by atoms with van der Waals surface area (Å²) in [4.78, 5) is 2.47. The molecule has 0 spiro atoms. The zero-order chi connectivity index (χ0) is 17.5. The molecule has 0 aliphatic carbocycles. The van der Waals surface area contributed by atoms with E-state index in [1.807, 2.05) is 13.0 Å². The van der Waals surface area contributed by atoms with Gasteiger partial charge in [-0.15, -0.1) is 10.2 Å². The van der Waals surface area contributed by atoms with E-state index in [4.69, 9.17) is 4.52 Å². The van der Waals surface area contributed by atoms with Crippen LogP contribution in [0.4, 0.5) is 17.2 Å². The van der Waals surface area contributed by atoms with Gasteiger partial charge in [-0.1, -0.05) is 25.9 Å². The molecule has 5 nitrogen and oxygen atoms in total. The smallest absolute Gasteiger partial charge is 0.216 e. The van der Waals surface area contributed by atoms with E-state index in [-0.39, 0.29) is 5.41 Å². The van der Waals surface area contributed by atoms with E-state index in [0.717, 1.165) is 30.0 Å². The first-order chi connectivity index (χ1) is 11.4. The summed E-state index contributed by atoms with van der Waals surface area (Å²) < 4.78 is 5.17. The van der Waals surface area contributed by atoms with Crippen LogP contribution in [0.1, 0.15) is 51.5 Å². The second-order valence-electron chi connectivity index (χ2n) is 7.04. The van der Waals surface area contributed by atoms with Crippen LogP contribution in [0.3, 0.4) is 0 Å². The Kier molecular flexibility index (Phi) is 4.20. The highest BCUT2D eigenvalue weighted by molar-refractivity contribution is 5.70. The fourth-order valence-electron chi connectivity index (χ4n) is 3.43. The molecule has 2 aromatic rings. The number of nitrogens with zero attached hydrogens (tertiary/aromatic N) is 4. The minimum Gasteiger partial charge on any atom is -0.368 e. The van der Waals surface area contributed by atoms with Gasteiger partial charge in [-0.2, -0.15) is 0 Å². The molecular weight excluding hydrogens is 300 g/mol. The fourth-order valence-corrected chi connectivity index (χ4v) is 3.43. The maximum absolute atomic E-state index is 5.17. The van der Waals surface area contributed by atoms with Gasteiger partial charge in [0, 0.05) is 36.2 Å². The van der Waals surface area contributed by atoms with Crippen LogP contribution in [0.25, 0.3) is 0 Å². The van der Waals surface area contributed by atoms with Crippen LogP contribution < -0.4 is 4.90 Å². The molecule has 1 aliphatic rings. The third-order valence-corrected chi connectivity index (χ3v) is 5.33. The van der Waals surface area contributed by atoms with Crippen molar-refractivity contribution >= 4 is 17.2 Å². The molecule has 5 heteroatoms. The first kappa shape index (κ1) is 16.7. The lowest BCUT2D eigenvalue weighted by atomic mass is 9.81. The molecule has 1 aliphatic heterocycles. The standard InChI is InChI=1S/C19H26N4O/c1-7-14-10-18(22-24-14)21-20-16-11-15-17(9-12(16)3)23(8-2)13(4)19(15,5)6/h9-11,13H,7-8H2,1-6H3. The van der Waals surface area contributed by atoms with Crippen molar-refractivity contribution in [3.05, 3.63) is 35.1 Å². The van der Waals surface area contributed by atoms with E-state index < -0.39 is 0 Å². The van der Waals surface area contributed by atoms with Gasteiger partial charge in [0.15, 0.2) is 0 Å². The van der Waals surface area contributed by atoms with Gasteiger partial charge in [0.05, 0.1) is 5.69 Å². The topological polar surface area (TPSA) is 54.0 Å². The highest BCUT2D eigenvalue weighted by Gasteiger charge is 2.41. The molecule has 0 saturated carbocycles. The summed E-state index contributed by atoms with van der Waals surface area (Å²) >= 11 is 0. The molecular formula is C19H26N4O. The van der Waals surface area contributed by atoms with Gasteiger partial charge in [0.2, 0.25) is 5.82 Å². The van der Waals surface area contributed by atoms with Crippen LogP contribution in [0.15, 0.2) is 33.0 Å². The normalized spacial score (nSPS) is 19.2. The number of rotatable bonds is 4. The average molecular weight is 326 g/mol. The van der Waals surface area contributed by atoms with Crippen LogP contribution in [0.2, 0.25) is 0 Å². The molecule has 0 fully saturated rings. The minimum absolute atomic E-state index is 0.0899. The van der Waals surface area contributed by atoms with E-state index in [1.54, 1.807) is 0 Å². The van der Waals surface area contributed by atoms with E-state index in [9.17, 15) is 0 Å². The van der Waals surface area contributed by atoms with Gasteiger partial charge in [0.1, 0.15) is 5.76 Å². The van der Waals surface area contributed by atoms with Crippen LogP contribution in [0, 0.1) is 6.92 Å². The summed E-state index contributed by atoms with van der Waals surface area (Å²) in [5, 5.41) is 12.6. The fraction of sp³-hybridized carbons (Fsp3) is 0.526. The Balaban J connectivity index is 1.98. The van der Waals surface area contributed by atoms with Crippen LogP contribution in [-0.2, 0) is 11.8 Å². The number of hydrogen-bond acceptors (Lipinski definition) is 5. The van der Waals surface area contributed by atoms with Gasteiger partial charge >= 0.3 is 0 Å². The van der Waals surface area contributed by atoms with Crippen LogP contribution >= 0.6 is 0 Å². The first-order valence-electron chi connectivity index (χ1n) is 8.67. The largest absolute Gasteiger partial charge is 0.368 e. The number of aromatic nitrogens is 1. The Hall–Kier alpha value is -2.17. The number of hydrogen-bond donors (Lipinski definition) is 0. The molecule has 1 atom stereocenters. The molecule has 1 aromatic carbocycles. The van der Waals surface area contributed by atoms with Crippen molar-refractivity contribution in [2.75, 3.05) is 11.4 Å². The molecule has 1 aromatic heterocycles.